The number of nitro groups is 1. The minimum absolute atomic E-state index is 0.00975. The Bertz CT molecular complexity index is 551. The van der Waals surface area contributed by atoms with Crippen LogP contribution in [0.2, 0.25) is 5.02 Å². The standard InChI is InChI=1S/C11H11ClN2O3S2/c1-11(2)6-18-10(15)13(11)19-7-3-4-9(14(16)17)8(12)5-7/h3-5H,6H2,1-2H3. The molecule has 2 rings (SSSR count). The summed E-state index contributed by atoms with van der Waals surface area (Å²) in [5.74, 6) is 0.722. The molecule has 0 aliphatic carbocycles. The van der Waals surface area contributed by atoms with E-state index in [0.717, 1.165) is 5.75 Å². The van der Waals surface area contributed by atoms with Crippen molar-refractivity contribution in [1.82, 2.24) is 4.31 Å². The van der Waals surface area contributed by atoms with Crippen LogP contribution in [0, 0.1) is 10.1 Å². The van der Waals surface area contributed by atoms with Gasteiger partial charge in [0.05, 0.1) is 10.5 Å². The van der Waals surface area contributed by atoms with E-state index in [1.54, 1.807) is 10.4 Å². The lowest BCUT2D eigenvalue weighted by atomic mass is 10.1. The monoisotopic (exact) mass is 318 g/mol. The van der Waals surface area contributed by atoms with Crippen LogP contribution < -0.4 is 0 Å². The Morgan fingerprint density at radius 1 is 1.53 bits per heavy atom. The Balaban J connectivity index is 2.22. The number of benzene rings is 1. The Hall–Kier alpha value is -0.920. The van der Waals surface area contributed by atoms with Crippen LogP contribution >= 0.6 is 35.3 Å². The largest absolute Gasteiger partial charge is 0.292 e. The van der Waals surface area contributed by atoms with E-state index in [9.17, 15) is 14.9 Å². The summed E-state index contributed by atoms with van der Waals surface area (Å²) in [5, 5.41) is 10.7. The molecule has 5 nitrogen and oxygen atoms in total. The average molecular weight is 319 g/mol. The number of hydrogen-bond acceptors (Lipinski definition) is 5. The summed E-state index contributed by atoms with van der Waals surface area (Å²) in [6.07, 6.45) is 0. The van der Waals surface area contributed by atoms with Crippen molar-refractivity contribution in [2.75, 3.05) is 5.75 Å². The van der Waals surface area contributed by atoms with Gasteiger partial charge >= 0.3 is 0 Å². The maximum Gasteiger partial charge on any atom is 0.292 e. The summed E-state index contributed by atoms with van der Waals surface area (Å²) >= 11 is 8.38. The second-order valence-corrected chi connectivity index (χ2v) is 6.98. The summed E-state index contributed by atoms with van der Waals surface area (Å²) in [7, 11) is 0. The molecule has 8 heteroatoms. The Labute approximate surface area is 124 Å². The van der Waals surface area contributed by atoms with Crippen molar-refractivity contribution in [3.05, 3.63) is 33.3 Å². The molecule has 19 heavy (non-hydrogen) atoms. The first kappa shape index (κ1) is 14.5. The third-order valence-electron chi connectivity index (χ3n) is 2.58. The lowest BCUT2D eigenvalue weighted by Gasteiger charge is -2.28. The van der Waals surface area contributed by atoms with Crippen LogP contribution in [-0.4, -0.2) is 25.8 Å². The molecular formula is C11H11ClN2O3S2. The summed E-state index contributed by atoms with van der Waals surface area (Å²) < 4.78 is 1.68. The molecule has 1 aromatic carbocycles. The molecule has 0 spiro atoms. The predicted molar refractivity (Wildman–Crippen MR) is 77.7 cm³/mol. The number of thioether (sulfide) groups is 1. The zero-order chi connectivity index (χ0) is 14.2. The van der Waals surface area contributed by atoms with Crippen LogP contribution in [0.4, 0.5) is 10.5 Å². The van der Waals surface area contributed by atoms with Crippen molar-refractivity contribution in [1.29, 1.82) is 0 Å². The second kappa shape index (κ2) is 5.22. The van der Waals surface area contributed by atoms with Crippen LogP contribution in [0.15, 0.2) is 23.1 Å². The van der Waals surface area contributed by atoms with Crippen LogP contribution in [0.25, 0.3) is 0 Å². The number of halogens is 1. The zero-order valence-electron chi connectivity index (χ0n) is 10.3. The highest BCUT2D eigenvalue weighted by molar-refractivity contribution is 8.15. The van der Waals surface area contributed by atoms with E-state index in [4.69, 9.17) is 11.6 Å². The Kier molecular flexibility index (Phi) is 3.98. The molecule has 1 amide bonds. The van der Waals surface area contributed by atoms with Gasteiger partial charge < -0.3 is 0 Å². The maximum absolute atomic E-state index is 11.8. The fraction of sp³-hybridized carbons (Fsp3) is 0.364. The van der Waals surface area contributed by atoms with Crippen LogP contribution in [0.5, 0.6) is 0 Å². The minimum Gasteiger partial charge on any atom is -0.266 e. The summed E-state index contributed by atoms with van der Waals surface area (Å²) in [6, 6.07) is 4.46. The molecule has 1 heterocycles. The van der Waals surface area contributed by atoms with E-state index >= 15 is 0 Å². The van der Waals surface area contributed by atoms with Crippen LogP contribution in [0.1, 0.15) is 13.8 Å². The van der Waals surface area contributed by atoms with Crippen molar-refractivity contribution in [2.24, 2.45) is 0 Å². The van der Waals surface area contributed by atoms with Crippen LogP contribution in [0.3, 0.4) is 0 Å². The fourth-order valence-corrected chi connectivity index (χ4v) is 4.09. The molecular weight excluding hydrogens is 308 g/mol. The van der Waals surface area contributed by atoms with Gasteiger partial charge in [0, 0.05) is 16.7 Å². The van der Waals surface area contributed by atoms with Gasteiger partial charge in [0.2, 0.25) is 0 Å². The SMILES string of the molecule is CC1(C)CSC(=O)N1Sc1ccc([N+](=O)[O-])c(Cl)c1. The molecule has 1 aromatic rings. The molecule has 0 unspecified atom stereocenters. The van der Waals surface area contributed by atoms with E-state index in [0.29, 0.717) is 4.90 Å². The van der Waals surface area contributed by atoms with Crippen molar-refractivity contribution >= 4 is 46.2 Å². The normalized spacial score (nSPS) is 17.8. The molecule has 0 saturated carbocycles. The summed E-state index contributed by atoms with van der Waals surface area (Å²) in [4.78, 5) is 22.6. The molecule has 0 radical (unpaired) electrons. The number of nitrogens with zero attached hydrogens (tertiary/aromatic N) is 2. The number of carbonyl (C=O) groups excluding carboxylic acids is 1. The molecule has 0 N–H and O–H groups in total. The highest BCUT2D eigenvalue weighted by atomic mass is 35.5. The molecule has 1 fully saturated rings. The van der Waals surface area contributed by atoms with Gasteiger partial charge in [-0.25, -0.2) is 0 Å². The van der Waals surface area contributed by atoms with Gasteiger partial charge in [-0.05, 0) is 37.9 Å². The predicted octanol–water partition coefficient (Wildman–Crippen LogP) is 4.20. The summed E-state index contributed by atoms with van der Waals surface area (Å²) in [6.45, 7) is 3.95. The lowest BCUT2D eigenvalue weighted by molar-refractivity contribution is -0.384. The van der Waals surface area contributed by atoms with Crippen molar-refractivity contribution in [3.8, 4) is 0 Å². The first-order chi connectivity index (χ1) is 8.81. The topological polar surface area (TPSA) is 63.5 Å². The molecule has 1 saturated heterocycles. The number of rotatable bonds is 3. The van der Waals surface area contributed by atoms with E-state index in [1.165, 1.54) is 35.8 Å². The Morgan fingerprint density at radius 2 is 2.21 bits per heavy atom. The number of amides is 1. The Morgan fingerprint density at radius 3 is 2.68 bits per heavy atom. The molecule has 102 valence electrons. The van der Waals surface area contributed by atoms with Crippen LogP contribution in [-0.2, 0) is 0 Å². The fourth-order valence-electron chi connectivity index (χ4n) is 1.56. The van der Waals surface area contributed by atoms with E-state index in [-0.39, 0.29) is 21.5 Å². The van der Waals surface area contributed by atoms with Crippen molar-refractivity contribution in [2.45, 2.75) is 24.3 Å². The zero-order valence-corrected chi connectivity index (χ0v) is 12.6. The molecule has 0 aromatic heterocycles. The van der Waals surface area contributed by atoms with E-state index in [1.807, 2.05) is 13.8 Å². The average Bonchev–Trinajstić information content (AvgIpc) is 2.56. The van der Waals surface area contributed by atoms with Gasteiger partial charge in [0.25, 0.3) is 10.9 Å². The molecule has 0 atom stereocenters. The van der Waals surface area contributed by atoms with Gasteiger partial charge in [-0.1, -0.05) is 23.4 Å². The highest BCUT2D eigenvalue weighted by Crippen LogP contribution is 2.41. The van der Waals surface area contributed by atoms with Gasteiger partial charge in [0.1, 0.15) is 5.02 Å². The van der Waals surface area contributed by atoms with Gasteiger partial charge in [-0.15, -0.1) is 0 Å². The van der Waals surface area contributed by atoms with Gasteiger partial charge in [0.15, 0.2) is 0 Å². The van der Waals surface area contributed by atoms with Crippen molar-refractivity contribution in [3.63, 3.8) is 0 Å². The third-order valence-corrected chi connectivity index (χ3v) is 5.58. The number of nitro benzene ring substituents is 1. The first-order valence-electron chi connectivity index (χ1n) is 5.40. The number of carbonyl (C=O) groups is 1. The molecule has 1 aliphatic heterocycles. The molecule has 0 bridgehead atoms. The van der Waals surface area contributed by atoms with Crippen molar-refractivity contribution < 1.29 is 9.72 Å². The van der Waals surface area contributed by atoms with Gasteiger partial charge in [-0.2, -0.15) is 0 Å². The lowest BCUT2D eigenvalue weighted by Crippen LogP contribution is -2.36. The smallest absolute Gasteiger partial charge is 0.266 e. The maximum atomic E-state index is 11.8. The molecule has 1 aliphatic rings. The van der Waals surface area contributed by atoms with E-state index in [2.05, 4.69) is 0 Å². The van der Waals surface area contributed by atoms with Gasteiger partial charge in [-0.3, -0.25) is 19.2 Å². The quantitative estimate of drug-likeness (QED) is 0.474. The first-order valence-corrected chi connectivity index (χ1v) is 7.54. The highest BCUT2D eigenvalue weighted by Gasteiger charge is 2.39. The summed E-state index contributed by atoms with van der Waals surface area (Å²) in [5.41, 5.74) is -0.381. The number of hydrogen-bond donors (Lipinski definition) is 0. The minimum atomic E-state index is -0.530. The van der Waals surface area contributed by atoms with E-state index < -0.39 is 4.92 Å². The third kappa shape index (κ3) is 2.98. The second-order valence-electron chi connectivity index (χ2n) is 4.62.